The minimum absolute atomic E-state index is 0.426. The molecule has 5 heteroatoms. The molecule has 1 N–H and O–H groups in total. The fourth-order valence-electron chi connectivity index (χ4n) is 1.94. The fraction of sp³-hybridized carbons (Fsp3) is 0.571. The van der Waals surface area contributed by atoms with Gasteiger partial charge in [-0.25, -0.2) is 8.78 Å². The number of hydrogen-bond donors (Lipinski definition) is 1. The summed E-state index contributed by atoms with van der Waals surface area (Å²) < 4.78 is 31.6. The fourth-order valence-corrected chi connectivity index (χ4v) is 1.94. The molecule has 0 fully saturated rings. The summed E-state index contributed by atoms with van der Waals surface area (Å²) in [5, 5.41) is 9.07. The smallest absolute Gasteiger partial charge is 0.187 e. The maximum atomic E-state index is 13.3. The van der Waals surface area contributed by atoms with E-state index in [-0.39, 0.29) is 0 Å². The van der Waals surface area contributed by atoms with Crippen LogP contribution in [-0.2, 0) is 11.3 Å². The van der Waals surface area contributed by atoms with Crippen molar-refractivity contribution in [3.63, 3.8) is 0 Å². The highest BCUT2D eigenvalue weighted by Crippen LogP contribution is 2.22. The van der Waals surface area contributed by atoms with E-state index in [0.717, 1.165) is 6.54 Å². The SMILES string of the molecule is COCCN(Cc1cc(F)c(O)c(F)c1)CC(C)C. The van der Waals surface area contributed by atoms with Gasteiger partial charge >= 0.3 is 0 Å². The average molecular weight is 273 g/mol. The van der Waals surface area contributed by atoms with E-state index in [9.17, 15) is 8.78 Å². The van der Waals surface area contributed by atoms with Gasteiger partial charge in [-0.3, -0.25) is 4.90 Å². The molecule has 3 nitrogen and oxygen atoms in total. The van der Waals surface area contributed by atoms with Crippen molar-refractivity contribution in [2.24, 2.45) is 5.92 Å². The number of hydrogen-bond acceptors (Lipinski definition) is 3. The number of ether oxygens (including phenoxy) is 1. The normalized spacial score (nSPS) is 11.5. The van der Waals surface area contributed by atoms with Crippen LogP contribution in [0.4, 0.5) is 8.78 Å². The number of nitrogens with zero attached hydrogens (tertiary/aromatic N) is 1. The number of benzene rings is 1. The summed E-state index contributed by atoms with van der Waals surface area (Å²) in [4.78, 5) is 2.07. The summed E-state index contributed by atoms with van der Waals surface area (Å²) in [7, 11) is 1.62. The highest BCUT2D eigenvalue weighted by molar-refractivity contribution is 5.30. The van der Waals surface area contributed by atoms with Crippen molar-refractivity contribution in [1.82, 2.24) is 4.90 Å². The second kappa shape index (κ2) is 7.40. The Kier molecular flexibility index (Phi) is 6.18. The van der Waals surface area contributed by atoms with Gasteiger partial charge in [0.25, 0.3) is 0 Å². The molecule has 0 atom stereocenters. The molecule has 1 aromatic rings. The summed E-state index contributed by atoms with van der Waals surface area (Å²) >= 11 is 0. The van der Waals surface area contributed by atoms with E-state index in [0.29, 0.717) is 31.2 Å². The third-order valence-corrected chi connectivity index (χ3v) is 2.72. The second-order valence-electron chi connectivity index (χ2n) is 5.03. The van der Waals surface area contributed by atoms with Crippen LogP contribution in [0.25, 0.3) is 0 Å². The molecule has 0 aliphatic rings. The Morgan fingerprint density at radius 1 is 1.26 bits per heavy atom. The van der Waals surface area contributed by atoms with Gasteiger partial charge in [0.1, 0.15) is 0 Å². The predicted octanol–water partition coefficient (Wildman–Crippen LogP) is 2.77. The molecule has 0 radical (unpaired) electrons. The first kappa shape index (κ1) is 15.9. The van der Waals surface area contributed by atoms with Crippen molar-refractivity contribution in [2.75, 3.05) is 26.8 Å². The number of rotatable bonds is 7. The first-order valence-electron chi connectivity index (χ1n) is 6.32. The van der Waals surface area contributed by atoms with Crippen molar-refractivity contribution in [3.05, 3.63) is 29.3 Å². The van der Waals surface area contributed by atoms with Crippen LogP contribution in [-0.4, -0.2) is 36.8 Å². The van der Waals surface area contributed by atoms with Crippen molar-refractivity contribution in [3.8, 4) is 5.75 Å². The van der Waals surface area contributed by atoms with Gasteiger partial charge in [0.15, 0.2) is 17.4 Å². The Balaban J connectivity index is 2.77. The molecule has 0 saturated carbocycles. The average Bonchev–Trinajstić information content (AvgIpc) is 2.32. The van der Waals surface area contributed by atoms with E-state index in [1.807, 2.05) is 0 Å². The van der Waals surface area contributed by atoms with Crippen LogP contribution in [0, 0.1) is 17.6 Å². The number of phenolic OH excluding ortho intramolecular Hbond substituents is 1. The predicted molar refractivity (Wildman–Crippen MR) is 70.0 cm³/mol. The Hall–Kier alpha value is -1.20. The molecule has 0 amide bonds. The molecular weight excluding hydrogens is 252 g/mol. The zero-order chi connectivity index (χ0) is 14.4. The minimum Gasteiger partial charge on any atom is -0.503 e. The Bertz CT molecular complexity index is 387. The molecule has 0 aliphatic heterocycles. The molecule has 0 spiro atoms. The number of methoxy groups -OCH3 is 1. The molecule has 1 aromatic carbocycles. The zero-order valence-electron chi connectivity index (χ0n) is 11.6. The lowest BCUT2D eigenvalue weighted by atomic mass is 10.1. The van der Waals surface area contributed by atoms with Gasteiger partial charge in [-0.2, -0.15) is 0 Å². The minimum atomic E-state index is -0.925. The molecule has 0 aliphatic carbocycles. The summed E-state index contributed by atoms with van der Waals surface area (Å²) in [5.74, 6) is -2.32. The van der Waals surface area contributed by atoms with Gasteiger partial charge in [-0.15, -0.1) is 0 Å². The van der Waals surface area contributed by atoms with E-state index in [1.165, 1.54) is 12.1 Å². The van der Waals surface area contributed by atoms with E-state index in [2.05, 4.69) is 18.7 Å². The largest absolute Gasteiger partial charge is 0.503 e. The first-order valence-corrected chi connectivity index (χ1v) is 6.32. The summed E-state index contributed by atoms with van der Waals surface area (Å²) in [6, 6.07) is 2.33. The van der Waals surface area contributed by atoms with Crippen LogP contribution < -0.4 is 0 Å². The topological polar surface area (TPSA) is 32.7 Å². The lowest BCUT2D eigenvalue weighted by molar-refractivity contribution is 0.136. The van der Waals surface area contributed by atoms with Crippen LogP contribution in [0.1, 0.15) is 19.4 Å². The Morgan fingerprint density at radius 3 is 2.32 bits per heavy atom. The molecule has 0 saturated heterocycles. The van der Waals surface area contributed by atoms with Crippen LogP contribution in [0.5, 0.6) is 5.75 Å². The van der Waals surface area contributed by atoms with Gasteiger partial charge < -0.3 is 9.84 Å². The van der Waals surface area contributed by atoms with Crippen molar-refractivity contribution >= 4 is 0 Å². The monoisotopic (exact) mass is 273 g/mol. The van der Waals surface area contributed by atoms with Crippen LogP contribution in [0.3, 0.4) is 0 Å². The Labute approximate surface area is 112 Å². The summed E-state index contributed by atoms with van der Waals surface area (Å²) in [6.45, 7) is 6.66. The maximum absolute atomic E-state index is 13.3. The molecule has 19 heavy (non-hydrogen) atoms. The second-order valence-corrected chi connectivity index (χ2v) is 5.03. The number of phenols is 1. The number of halogens is 2. The van der Waals surface area contributed by atoms with Crippen LogP contribution in [0.15, 0.2) is 12.1 Å². The molecule has 0 heterocycles. The van der Waals surface area contributed by atoms with Crippen LogP contribution in [0.2, 0.25) is 0 Å². The third-order valence-electron chi connectivity index (χ3n) is 2.72. The lowest BCUT2D eigenvalue weighted by Crippen LogP contribution is -2.30. The van der Waals surface area contributed by atoms with E-state index in [4.69, 9.17) is 9.84 Å². The number of aromatic hydroxyl groups is 1. The van der Waals surface area contributed by atoms with E-state index < -0.39 is 17.4 Å². The van der Waals surface area contributed by atoms with Crippen molar-refractivity contribution < 1.29 is 18.6 Å². The molecule has 0 unspecified atom stereocenters. The van der Waals surface area contributed by atoms with Crippen molar-refractivity contribution in [2.45, 2.75) is 20.4 Å². The zero-order valence-corrected chi connectivity index (χ0v) is 11.6. The summed E-state index contributed by atoms with van der Waals surface area (Å²) in [5.41, 5.74) is 0.504. The van der Waals surface area contributed by atoms with Gasteiger partial charge in [0.05, 0.1) is 6.61 Å². The van der Waals surface area contributed by atoms with Gasteiger partial charge in [-0.1, -0.05) is 13.8 Å². The van der Waals surface area contributed by atoms with E-state index >= 15 is 0 Å². The van der Waals surface area contributed by atoms with E-state index in [1.54, 1.807) is 7.11 Å². The van der Waals surface area contributed by atoms with Crippen LogP contribution >= 0.6 is 0 Å². The van der Waals surface area contributed by atoms with Gasteiger partial charge in [0, 0.05) is 26.7 Å². The highest BCUT2D eigenvalue weighted by atomic mass is 19.1. The first-order chi connectivity index (χ1) is 8.93. The molecule has 108 valence electrons. The van der Waals surface area contributed by atoms with Crippen molar-refractivity contribution in [1.29, 1.82) is 0 Å². The molecule has 1 rings (SSSR count). The molecule has 0 bridgehead atoms. The lowest BCUT2D eigenvalue weighted by Gasteiger charge is -2.24. The highest BCUT2D eigenvalue weighted by Gasteiger charge is 2.13. The standard InChI is InChI=1S/C14H21F2NO2/c1-10(2)8-17(4-5-19-3)9-11-6-12(15)14(18)13(16)7-11/h6-7,10,18H,4-5,8-9H2,1-3H3. The Morgan fingerprint density at radius 2 is 1.84 bits per heavy atom. The van der Waals surface area contributed by atoms with Gasteiger partial charge in [-0.05, 0) is 23.6 Å². The molecule has 0 aromatic heterocycles. The maximum Gasteiger partial charge on any atom is 0.187 e. The summed E-state index contributed by atoms with van der Waals surface area (Å²) in [6.07, 6.45) is 0. The molecular formula is C14H21F2NO2. The van der Waals surface area contributed by atoms with Gasteiger partial charge in [0.2, 0.25) is 0 Å². The quantitative estimate of drug-likeness (QED) is 0.829. The third kappa shape index (κ3) is 5.12.